The van der Waals surface area contributed by atoms with Crippen molar-refractivity contribution in [2.45, 2.75) is 87.6 Å². The van der Waals surface area contributed by atoms with Crippen molar-refractivity contribution >= 4 is 41.3 Å². The second kappa shape index (κ2) is 15.8. The number of rotatable bonds is 17. The van der Waals surface area contributed by atoms with Gasteiger partial charge in [-0.05, 0) is 102 Å². The highest BCUT2D eigenvalue weighted by atomic mass is 32.2. The van der Waals surface area contributed by atoms with Crippen LogP contribution < -0.4 is 0 Å². The van der Waals surface area contributed by atoms with Crippen LogP contribution in [0.1, 0.15) is 84.4 Å². The Balaban J connectivity index is 1.82. The molecule has 0 radical (unpaired) electrons. The maximum atomic E-state index is 13.2. The van der Waals surface area contributed by atoms with Crippen molar-refractivity contribution in [3.05, 3.63) is 120 Å². The second-order valence-corrected chi connectivity index (χ2v) is 17.9. The van der Waals surface area contributed by atoms with Gasteiger partial charge in [-0.15, -0.1) is 0 Å². The fourth-order valence-electron chi connectivity index (χ4n) is 5.06. The van der Waals surface area contributed by atoms with Crippen LogP contribution in [-0.4, -0.2) is 28.8 Å². The average Bonchev–Trinajstić information content (AvgIpc) is 2.98. The summed E-state index contributed by atoms with van der Waals surface area (Å²) in [7, 11) is 0. The summed E-state index contributed by atoms with van der Waals surface area (Å²) in [5.74, 6) is 2.40. The largest absolute Gasteiger partial charge is 0.456 e. The van der Waals surface area contributed by atoms with Gasteiger partial charge in [0.2, 0.25) is 0 Å². The molecule has 2 nitrogen and oxygen atoms in total. The monoisotopic (exact) mass is 634 g/mol. The van der Waals surface area contributed by atoms with E-state index >= 15 is 0 Å². The lowest BCUT2D eigenvalue weighted by Gasteiger charge is -2.37. The molecule has 0 fully saturated rings. The van der Waals surface area contributed by atoms with Crippen LogP contribution in [0.4, 0.5) is 0 Å². The van der Waals surface area contributed by atoms with Crippen molar-refractivity contribution in [1.29, 1.82) is 0 Å². The van der Waals surface area contributed by atoms with Gasteiger partial charge in [0, 0.05) is 19.8 Å². The SMILES string of the molecule is C=C(C)C(=O)OC(CCSC(C)(C)c1ccccc1)(CCSC(C)(C)c1ccccc1)CCSC(C)(C)c1ccccc1. The lowest BCUT2D eigenvalue weighted by atomic mass is 9.93. The summed E-state index contributed by atoms with van der Waals surface area (Å²) in [6.45, 7) is 19.4. The fourth-order valence-corrected chi connectivity index (χ4v) is 8.92. The smallest absolute Gasteiger partial charge is 0.333 e. The van der Waals surface area contributed by atoms with Crippen LogP contribution >= 0.6 is 35.3 Å². The van der Waals surface area contributed by atoms with Crippen LogP contribution in [0.5, 0.6) is 0 Å². The Morgan fingerprint density at radius 2 is 0.860 bits per heavy atom. The molecule has 0 unspecified atom stereocenters. The Morgan fingerprint density at radius 1 is 0.581 bits per heavy atom. The van der Waals surface area contributed by atoms with Crippen LogP contribution in [0, 0.1) is 0 Å². The molecule has 0 aliphatic rings. The Morgan fingerprint density at radius 3 is 1.12 bits per heavy atom. The molecular weight excluding hydrogens is 585 g/mol. The minimum Gasteiger partial charge on any atom is -0.456 e. The topological polar surface area (TPSA) is 26.3 Å². The molecule has 0 aliphatic carbocycles. The van der Waals surface area contributed by atoms with E-state index in [1.807, 2.05) is 35.3 Å². The van der Waals surface area contributed by atoms with Gasteiger partial charge in [0.25, 0.3) is 0 Å². The van der Waals surface area contributed by atoms with Crippen molar-refractivity contribution in [2.24, 2.45) is 0 Å². The molecule has 3 aromatic rings. The van der Waals surface area contributed by atoms with Crippen molar-refractivity contribution in [3.8, 4) is 0 Å². The molecule has 43 heavy (non-hydrogen) atoms. The van der Waals surface area contributed by atoms with E-state index in [0.29, 0.717) is 5.57 Å². The number of benzene rings is 3. The van der Waals surface area contributed by atoms with Crippen LogP contribution in [0.25, 0.3) is 0 Å². The van der Waals surface area contributed by atoms with Gasteiger partial charge in [0.15, 0.2) is 0 Å². The lowest BCUT2D eigenvalue weighted by Crippen LogP contribution is -2.38. The van der Waals surface area contributed by atoms with Gasteiger partial charge in [0.05, 0.1) is 0 Å². The van der Waals surface area contributed by atoms with Crippen LogP contribution in [0.15, 0.2) is 103 Å². The maximum Gasteiger partial charge on any atom is 0.333 e. The lowest BCUT2D eigenvalue weighted by molar-refractivity contribution is -0.155. The molecule has 0 amide bonds. The Labute approximate surface area is 274 Å². The van der Waals surface area contributed by atoms with E-state index in [9.17, 15) is 4.79 Å². The van der Waals surface area contributed by atoms with Gasteiger partial charge in [-0.1, -0.05) is 97.6 Å². The first-order chi connectivity index (χ1) is 20.3. The van der Waals surface area contributed by atoms with E-state index in [1.165, 1.54) is 16.7 Å². The molecule has 0 spiro atoms. The van der Waals surface area contributed by atoms with Crippen LogP contribution in [0.3, 0.4) is 0 Å². The summed E-state index contributed by atoms with van der Waals surface area (Å²) in [6, 6.07) is 32.0. The average molecular weight is 635 g/mol. The summed E-state index contributed by atoms with van der Waals surface area (Å²) in [4.78, 5) is 13.2. The van der Waals surface area contributed by atoms with Crippen LogP contribution in [-0.2, 0) is 23.8 Å². The highest BCUT2D eigenvalue weighted by molar-refractivity contribution is 8.00. The Kier molecular flexibility index (Phi) is 13.0. The third-order valence-electron chi connectivity index (χ3n) is 8.13. The summed E-state index contributed by atoms with van der Waals surface area (Å²) in [6.07, 6.45) is 2.39. The van der Waals surface area contributed by atoms with E-state index in [2.05, 4.69) is 139 Å². The first-order valence-corrected chi connectivity index (χ1v) is 18.2. The highest BCUT2D eigenvalue weighted by Crippen LogP contribution is 2.43. The number of carbonyl (C=O) groups is 1. The van der Waals surface area contributed by atoms with Gasteiger partial charge in [-0.3, -0.25) is 0 Å². The van der Waals surface area contributed by atoms with Crippen molar-refractivity contribution in [1.82, 2.24) is 0 Å². The number of thioether (sulfide) groups is 3. The maximum absolute atomic E-state index is 13.2. The molecule has 3 rings (SSSR count). The molecule has 0 aromatic heterocycles. The molecule has 232 valence electrons. The number of hydrogen-bond donors (Lipinski definition) is 0. The first kappa shape index (κ1) is 35.4. The molecule has 0 saturated heterocycles. The standard InChI is InChI=1S/C38H50O2S3/c1-30(2)34(39)40-38(24-27-41-35(3,4)31-18-12-9-13-19-31,25-28-42-36(5,6)32-20-14-10-15-21-32)26-29-43-37(7,8)33-22-16-11-17-23-33/h9-23H,1,24-29H2,2-8H3. The molecule has 0 atom stereocenters. The van der Waals surface area contributed by atoms with Gasteiger partial charge < -0.3 is 4.74 Å². The third-order valence-corrected chi connectivity index (χ3v) is 12.2. The molecule has 3 aromatic carbocycles. The third kappa shape index (κ3) is 10.8. The van der Waals surface area contributed by atoms with E-state index < -0.39 is 5.60 Å². The van der Waals surface area contributed by atoms with Gasteiger partial charge in [0.1, 0.15) is 5.60 Å². The van der Waals surface area contributed by atoms with E-state index in [4.69, 9.17) is 4.74 Å². The first-order valence-electron chi connectivity index (χ1n) is 15.2. The number of esters is 1. The zero-order valence-corrected chi connectivity index (χ0v) is 29.6. The quantitative estimate of drug-likeness (QED) is 0.109. The van der Waals surface area contributed by atoms with E-state index in [0.717, 1.165) is 36.5 Å². The predicted molar refractivity (Wildman–Crippen MR) is 193 cm³/mol. The second-order valence-electron chi connectivity index (χ2n) is 12.8. The van der Waals surface area contributed by atoms with Crippen LogP contribution in [0.2, 0.25) is 0 Å². The molecular formula is C38H50O2S3. The molecule has 0 N–H and O–H groups in total. The van der Waals surface area contributed by atoms with E-state index in [1.54, 1.807) is 6.92 Å². The Hall–Kier alpha value is -2.08. The van der Waals surface area contributed by atoms with Gasteiger partial charge >= 0.3 is 5.97 Å². The predicted octanol–water partition coefficient (Wildman–Crippen LogP) is 11.0. The van der Waals surface area contributed by atoms with Gasteiger partial charge in [-0.25, -0.2) is 4.79 Å². The summed E-state index contributed by atoms with van der Waals surface area (Å²) in [5.41, 5.74) is 3.81. The fraction of sp³-hybridized carbons (Fsp3) is 0.447. The summed E-state index contributed by atoms with van der Waals surface area (Å²) in [5, 5.41) is 0. The normalized spacial score (nSPS) is 12.6. The Bertz CT molecular complexity index is 1150. The minimum atomic E-state index is -0.574. The van der Waals surface area contributed by atoms with E-state index in [-0.39, 0.29) is 20.2 Å². The number of hydrogen-bond acceptors (Lipinski definition) is 5. The zero-order valence-electron chi connectivity index (χ0n) is 27.2. The molecule has 0 aliphatic heterocycles. The molecule has 0 bridgehead atoms. The van der Waals surface area contributed by atoms with Crippen molar-refractivity contribution < 1.29 is 9.53 Å². The molecule has 5 heteroatoms. The number of carbonyl (C=O) groups excluding carboxylic acids is 1. The summed E-state index contributed by atoms with van der Waals surface area (Å²) < 4.78 is 6.36. The molecule has 0 saturated carbocycles. The molecule has 0 heterocycles. The van der Waals surface area contributed by atoms with Crippen molar-refractivity contribution in [3.63, 3.8) is 0 Å². The van der Waals surface area contributed by atoms with Crippen molar-refractivity contribution in [2.75, 3.05) is 17.3 Å². The van der Waals surface area contributed by atoms with Gasteiger partial charge in [-0.2, -0.15) is 35.3 Å². The minimum absolute atomic E-state index is 0.0422. The number of ether oxygens (including phenoxy) is 1. The zero-order chi connectivity index (χ0) is 31.6. The highest BCUT2D eigenvalue weighted by Gasteiger charge is 2.37. The summed E-state index contributed by atoms with van der Waals surface area (Å²) >= 11 is 5.82.